The van der Waals surface area contributed by atoms with E-state index in [4.69, 9.17) is 11.6 Å². The molecule has 2 amide bonds. The van der Waals surface area contributed by atoms with E-state index in [0.29, 0.717) is 23.7 Å². The van der Waals surface area contributed by atoms with E-state index in [1.54, 1.807) is 29.2 Å². The van der Waals surface area contributed by atoms with Crippen molar-refractivity contribution >= 4 is 29.2 Å². The predicted molar refractivity (Wildman–Crippen MR) is 92.1 cm³/mol. The quantitative estimate of drug-likeness (QED) is 0.782. The highest BCUT2D eigenvalue weighted by atomic mass is 35.5. The number of nitrogens with one attached hydrogen (secondary N) is 1. The number of hydrogen-bond donors (Lipinski definition) is 1. The second kappa shape index (κ2) is 8.80. The van der Waals surface area contributed by atoms with Crippen LogP contribution in [0, 0.1) is 0 Å². The Hall–Kier alpha value is -1.92. The Morgan fingerprint density at radius 2 is 1.67 bits per heavy atom. The van der Waals surface area contributed by atoms with Gasteiger partial charge >= 0.3 is 0 Å². The molecule has 0 radical (unpaired) electrons. The van der Waals surface area contributed by atoms with Crippen LogP contribution in [0.3, 0.4) is 0 Å². The van der Waals surface area contributed by atoms with Gasteiger partial charge in [-0.3, -0.25) is 14.4 Å². The van der Waals surface area contributed by atoms with Gasteiger partial charge in [-0.2, -0.15) is 0 Å². The van der Waals surface area contributed by atoms with Crippen LogP contribution < -0.4 is 5.32 Å². The summed E-state index contributed by atoms with van der Waals surface area (Å²) in [6.45, 7) is 3.03. The summed E-state index contributed by atoms with van der Waals surface area (Å²) in [5.74, 6) is -0.493. The van der Waals surface area contributed by atoms with Gasteiger partial charge in [-0.05, 0) is 31.3 Å². The molecule has 1 fully saturated rings. The van der Waals surface area contributed by atoms with Crippen LogP contribution in [0.2, 0.25) is 5.02 Å². The van der Waals surface area contributed by atoms with Gasteiger partial charge in [-0.1, -0.05) is 11.6 Å². The Morgan fingerprint density at radius 1 is 1.04 bits per heavy atom. The summed E-state index contributed by atoms with van der Waals surface area (Å²) in [7, 11) is 2.02. The average Bonchev–Trinajstić information content (AvgIpc) is 2.58. The molecule has 6 nitrogen and oxygen atoms in total. The molecule has 7 heteroatoms. The molecule has 1 aliphatic rings. The number of likely N-dealkylation sites (N-methyl/N-ethyl adjacent to an activating group) is 1. The molecule has 0 spiro atoms. The zero-order chi connectivity index (χ0) is 17.5. The maximum Gasteiger partial charge on any atom is 0.242 e. The molecular weight excluding hydrogens is 330 g/mol. The summed E-state index contributed by atoms with van der Waals surface area (Å²) in [5.41, 5.74) is 0.528. The van der Waals surface area contributed by atoms with E-state index < -0.39 is 0 Å². The maximum absolute atomic E-state index is 12.0. The number of benzene rings is 1. The number of rotatable bonds is 6. The lowest BCUT2D eigenvalue weighted by atomic mass is 10.1. The van der Waals surface area contributed by atoms with Crippen LogP contribution in [0.4, 0.5) is 0 Å². The van der Waals surface area contributed by atoms with E-state index in [1.165, 1.54) is 0 Å². The highest BCUT2D eigenvalue weighted by Gasteiger charge is 2.19. The minimum Gasteiger partial charge on any atom is -0.347 e. The maximum atomic E-state index is 12.0. The molecule has 1 N–H and O–H groups in total. The molecule has 0 bridgehead atoms. The first-order valence-electron chi connectivity index (χ1n) is 7.97. The van der Waals surface area contributed by atoms with Crippen molar-refractivity contribution in [3.63, 3.8) is 0 Å². The van der Waals surface area contributed by atoms with Gasteiger partial charge in [0, 0.05) is 49.6 Å². The molecule has 0 unspecified atom stereocenters. The number of nitrogens with zero attached hydrogens (tertiary/aromatic N) is 2. The monoisotopic (exact) mass is 351 g/mol. The number of hydrogen-bond acceptors (Lipinski definition) is 4. The molecule has 1 heterocycles. The summed E-state index contributed by atoms with van der Waals surface area (Å²) in [5, 5.41) is 3.15. The van der Waals surface area contributed by atoms with Gasteiger partial charge in [0.2, 0.25) is 11.8 Å². The molecule has 0 atom stereocenters. The van der Waals surface area contributed by atoms with Gasteiger partial charge in [-0.25, -0.2) is 0 Å². The number of piperazine rings is 1. The Balaban J connectivity index is 1.68. The van der Waals surface area contributed by atoms with Crippen LogP contribution in [0.5, 0.6) is 0 Å². The SMILES string of the molecule is CN1CCN(C(=O)CNC(=O)CCC(=O)c2ccc(Cl)cc2)CC1. The number of ketones is 1. The Morgan fingerprint density at radius 3 is 2.29 bits per heavy atom. The molecular formula is C17H22ClN3O3. The molecule has 0 saturated carbocycles. The topological polar surface area (TPSA) is 69.7 Å². The van der Waals surface area contributed by atoms with Crippen LogP contribution in [0.1, 0.15) is 23.2 Å². The van der Waals surface area contributed by atoms with Crippen molar-refractivity contribution in [2.45, 2.75) is 12.8 Å². The van der Waals surface area contributed by atoms with Gasteiger partial charge in [0.05, 0.1) is 6.54 Å². The molecule has 1 aromatic carbocycles. The van der Waals surface area contributed by atoms with Crippen LogP contribution >= 0.6 is 11.6 Å². The average molecular weight is 352 g/mol. The summed E-state index contributed by atoms with van der Waals surface area (Å²) in [6.07, 6.45) is 0.174. The molecule has 0 aliphatic carbocycles. The molecule has 0 aromatic heterocycles. The van der Waals surface area contributed by atoms with Gasteiger partial charge < -0.3 is 15.1 Å². The fourth-order valence-electron chi connectivity index (χ4n) is 2.44. The van der Waals surface area contributed by atoms with Crippen molar-refractivity contribution in [1.82, 2.24) is 15.1 Å². The largest absolute Gasteiger partial charge is 0.347 e. The number of carbonyl (C=O) groups is 3. The molecule has 130 valence electrons. The van der Waals surface area contributed by atoms with E-state index in [9.17, 15) is 14.4 Å². The predicted octanol–water partition coefficient (Wildman–Crippen LogP) is 1.19. The standard InChI is InChI=1S/C17H22ClN3O3/c1-20-8-10-21(11-9-20)17(24)12-19-16(23)7-6-15(22)13-2-4-14(18)5-3-13/h2-5H,6-12H2,1H3,(H,19,23). The second-order valence-corrected chi connectivity index (χ2v) is 6.33. The Kier molecular flexibility index (Phi) is 6.75. The third-order valence-electron chi connectivity index (χ3n) is 4.04. The summed E-state index contributed by atoms with van der Waals surface area (Å²) >= 11 is 5.77. The minimum absolute atomic E-state index is 0.0162. The molecule has 1 aromatic rings. The number of Topliss-reactive ketones (excluding diaryl/α,β-unsaturated/α-hetero) is 1. The lowest BCUT2D eigenvalue weighted by molar-refractivity contribution is -0.134. The van der Waals surface area contributed by atoms with E-state index in [2.05, 4.69) is 10.2 Å². The van der Waals surface area contributed by atoms with E-state index in [-0.39, 0.29) is 37.0 Å². The zero-order valence-corrected chi connectivity index (χ0v) is 14.5. The lowest BCUT2D eigenvalue weighted by Crippen LogP contribution is -2.50. The van der Waals surface area contributed by atoms with Crippen molar-refractivity contribution in [1.29, 1.82) is 0 Å². The van der Waals surface area contributed by atoms with Gasteiger partial charge in [0.25, 0.3) is 0 Å². The third kappa shape index (κ3) is 5.62. The van der Waals surface area contributed by atoms with Crippen molar-refractivity contribution in [3.8, 4) is 0 Å². The highest BCUT2D eigenvalue weighted by molar-refractivity contribution is 6.30. The van der Waals surface area contributed by atoms with Crippen LogP contribution in [-0.2, 0) is 9.59 Å². The number of amides is 2. The van der Waals surface area contributed by atoms with Crippen molar-refractivity contribution < 1.29 is 14.4 Å². The third-order valence-corrected chi connectivity index (χ3v) is 4.29. The smallest absolute Gasteiger partial charge is 0.242 e. The zero-order valence-electron chi connectivity index (χ0n) is 13.8. The highest BCUT2D eigenvalue weighted by Crippen LogP contribution is 2.11. The van der Waals surface area contributed by atoms with Crippen LogP contribution in [-0.4, -0.2) is 67.2 Å². The number of halogens is 1. The van der Waals surface area contributed by atoms with Crippen LogP contribution in [0.15, 0.2) is 24.3 Å². The van der Waals surface area contributed by atoms with E-state index in [1.807, 2.05) is 7.05 Å². The first kappa shape index (κ1) is 18.4. The first-order chi connectivity index (χ1) is 11.5. The fourth-order valence-corrected chi connectivity index (χ4v) is 2.56. The normalized spacial score (nSPS) is 15.2. The summed E-state index contributed by atoms with van der Waals surface area (Å²) in [4.78, 5) is 39.7. The van der Waals surface area contributed by atoms with Crippen molar-refractivity contribution in [2.24, 2.45) is 0 Å². The Bertz CT molecular complexity index is 596. The van der Waals surface area contributed by atoms with Crippen molar-refractivity contribution in [3.05, 3.63) is 34.9 Å². The van der Waals surface area contributed by atoms with Gasteiger partial charge in [0.15, 0.2) is 5.78 Å². The Labute approximate surface area is 146 Å². The lowest BCUT2D eigenvalue weighted by Gasteiger charge is -2.32. The number of carbonyl (C=O) groups excluding carboxylic acids is 3. The summed E-state index contributed by atoms with van der Waals surface area (Å²) < 4.78 is 0. The summed E-state index contributed by atoms with van der Waals surface area (Å²) in [6, 6.07) is 6.56. The molecule has 2 rings (SSSR count). The first-order valence-corrected chi connectivity index (χ1v) is 8.35. The molecule has 1 aliphatic heterocycles. The van der Waals surface area contributed by atoms with Gasteiger partial charge in [0.1, 0.15) is 0 Å². The van der Waals surface area contributed by atoms with E-state index in [0.717, 1.165) is 13.1 Å². The minimum atomic E-state index is -0.292. The molecule has 24 heavy (non-hydrogen) atoms. The van der Waals surface area contributed by atoms with Crippen LogP contribution in [0.25, 0.3) is 0 Å². The van der Waals surface area contributed by atoms with E-state index >= 15 is 0 Å². The van der Waals surface area contributed by atoms with Gasteiger partial charge in [-0.15, -0.1) is 0 Å². The van der Waals surface area contributed by atoms with Crippen molar-refractivity contribution in [2.75, 3.05) is 39.8 Å². The molecule has 1 saturated heterocycles. The second-order valence-electron chi connectivity index (χ2n) is 5.89. The fraction of sp³-hybridized carbons (Fsp3) is 0.471.